The molecule has 0 aromatic heterocycles. The summed E-state index contributed by atoms with van der Waals surface area (Å²) in [6.45, 7) is 0.0127. The standard InChI is InChI=1S/C9H19N3O2S/c1-12(2)8(13)6-11-9(14)7(10)4-5-15-3/h7H,4-6,10H2,1-3H3,(H,11,14)/t7-/m0/s1. The summed E-state index contributed by atoms with van der Waals surface area (Å²) in [5.41, 5.74) is 5.62. The Labute approximate surface area is 94.8 Å². The van der Waals surface area contributed by atoms with E-state index in [9.17, 15) is 9.59 Å². The van der Waals surface area contributed by atoms with E-state index in [1.165, 1.54) is 4.90 Å². The minimum atomic E-state index is -0.521. The molecule has 0 saturated carbocycles. The predicted octanol–water partition coefficient (Wildman–Crippen LogP) is -0.729. The first-order chi connectivity index (χ1) is 6.99. The first kappa shape index (κ1) is 14.2. The first-order valence-corrected chi connectivity index (χ1v) is 6.10. The number of rotatable bonds is 6. The van der Waals surface area contributed by atoms with Gasteiger partial charge >= 0.3 is 0 Å². The van der Waals surface area contributed by atoms with Gasteiger partial charge in [-0.3, -0.25) is 9.59 Å². The third-order valence-electron chi connectivity index (χ3n) is 1.88. The monoisotopic (exact) mass is 233 g/mol. The first-order valence-electron chi connectivity index (χ1n) is 4.71. The molecule has 2 amide bonds. The van der Waals surface area contributed by atoms with Gasteiger partial charge in [-0.2, -0.15) is 11.8 Å². The summed E-state index contributed by atoms with van der Waals surface area (Å²) in [5.74, 6) is 0.440. The van der Waals surface area contributed by atoms with Crippen LogP contribution in [0.5, 0.6) is 0 Å². The zero-order valence-electron chi connectivity index (χ0n) is 9.45. The van der Waals surface area contributed by atoms with Crippen molar-refractivity contribution in [3.05, 3.63) is 0 Å². The van der Waals surface area contributed by atoms with Gasteiger partial charge in [-0.1, -0.05) is 0 Å². The number of nitrogens with one attached hydrogen (secondary N) is 1. The summed E-state index contributed by atoms with van der Waals surface area (Å²) in [6.07, 6.45) is 2.59. The van der Waals surface area contributed by atoms with Gasteiger partial charge in [-0.05, 0) is 18.4 Å². The van der Waals surface area contributed by atoms with E-state index in [1.54, 1.807) is 25.9 Å². The lowest BCUT2D eigenvalue weighted by Crippen LogP contribution is -2.44. The average Bonchev–Trinajstić information content (AvgIpc) is 2.21. The number of nitrogens with two attached hydrogens (primary N) is 1. The van der Waals surface area contributed by atoms with Crippen molar-refractivity contribution in [2.24, 2.45) is 5.73 Å². The van der Waals surface area contributed by atoms with Crippen LogP contribution in [0, 0.1) is 0 Å². The van der Waals surface area contributed by atoms with E-state index in [0.717, 1.165) is 5.75 Å². The Hall–Kier alpha value is -0.750. The van der Waals surface area contributed by atoms with Gasteiger partial charge < -0.3 is 16.0 Å². The predicted molar refractivity (Wildman–Crippen MR) is 62.7 cm³/mol. The van der Waals surface area contributed by atoms with E-state index in [-0.39, 0.29) is 18.4 Å². The maximum Gasteiger partial charge on any atom is 0.241 e. The molecule has 0 aromatic carbocycles. The van der Waals surface area contributed by atoms with E-state index in [0.29, 0.717) is 6.42 Å². The summed E-state index contributed by atoms with van der Waals surface area (Å²) in [6, 6.07) is -0.521. The fraction of sp³-hybridized carbons (Fsp3) is 0.778. The van der Waals surface area contributed by atoms with Crippen LogP contribution >= 0.6 is 11.8 Å². The number of nitrogens with zero attached hydrogens (tertiary/aromatic N) is 1. The molecule has 0 rings (SSSR count). The van der Waals surface area contributed by atoms with Crippen molar-refractivity contribution in [2.45, 2.75) is 12.5 Å². The van der Waals surface area contributed by atoms with Crippen molar-refractivity contribution in [3.8, 4) is 0 Å². The summed E-state index contributed by atoms with van der Waals surface area (Å²) >= 11 is 1.64. The maximum absolute atomic E-state index is 11.4. The van der Waals surface area contributed by atoms with E-state index in [2.05, 4.69) is 5.32 Å². The maximum atomic E-state index is 11.4. The highest BCUT2D eigenvalue weighted by molar-refractivity contribution is 7.98. The summed E-state index contributed by atoms with van der Waals surface area (Å²) in [7, 11) is 3.28. The Morgan fingerprint density at radius 1 is 1.47 bits per heavy atom. The Bertz CT molecular complexity index is 221. The SMILES string of the molecule is CSCC[C@H](N)C(=O)NCC(=O)N(C)C. The Morgan fingerprint density at radius 2 is 2.07 bits per heavy atom. The molecule has 0 unspecified atom stereocenters. The van der Waals surface area contributed by atoms with Crippen molar-refractivity contribution >= 4 is 23.6 Å². The average molecular weight is 233 g/mol. The molecular weight excluding hydrogens is 214 g/mol. The van der Waals surface area contributed by atoms with Crippen LogP contribution in [0.2, 0.25) is 0 Å². The highest BCUT2D eigenvalue weighted by Crippen LogP contribution is 1.98. The second kappa shape index (κ2) is 7.53. The summed E-state index contributed by atoms with van der Waals surface area (Å²) in [5, 5.41) is 2.51. The normalized spacial score (nSPS) is 12.0. The number of thioether (sulfide) groups is 1. The van der Waals surface area contributed by atoms with Crippen LogP contribution in [0.25, 0.3) is 0 Å². The molecule has 0 aliphatic carbocycles. The van der Waals surface area contributed by atoms with Crippen LogP contribution < -0.4 is 11.1 Å². The molecule has 88 valence electrons. The molecule has 3 N–H and O–H groups in total. The third kappa shape index (κ3) is 6.35. The molecule has 0 bridgehead atoms. The van der Waals surface area contributed by atoms with Crippen molar-refractivity contribution < 1.29 is 9.59 Å². The fourth-order valence-corrected chi connectivity index (χ4v) is 1.32. The van der Waals surface area contributed by atoms with Crippen molar-refractivity contribution in [3.63, 3.8) is 0 Å². The van der Waals surface area contributed by atoms with Gasteiger partial charge in [-0.25, -0.2) is 0 Å². The highest BCUT2D eigenvalue weighted by Gasteiger charge is 2.14. The van der Waals surface area contributed by atoms with Crippen molar-refractivity contribution in [1.82, 2.24) is 10.2 Å². The van der Waals surface area contributed by atoms with Crippen LogP contribution in [0.3, 0.4) is 0 Å². The van der Waals surface area contributed by atoms with Gasteiger partial charge in [0, 0.05) is 14.1 Å². The van der Waals surface area contributed by atoms with Gasteiger partial charge in [-0.15, -0.1) is 0 Å². The fourth-order valence-electron chi connectivity index (χ4n) is 0.828. The number of hydrogen-bond donors (Lipinski definition) is 2. The molecule has 1 atom stereocenters. The number of carbonyl (C=O) groups excluding carboxylic acids is 2. The van der Waals surface area contributed by atoms with Gasteiger partial charge in [0.15, 0.2) is 0 Å². The van der Waals surface area contributed by atoms with Crippen LogP contribution in [0.15, 0.2) is 0 Å². The minimum Gasteiger partial charge on any atom is -0.347 e. The lowest BCUT2D eigenvalue weighted by atomic mass is 10.2. The molecule has 0 aliphatic rings. The van der Waals surface area contributed by atoms with Gasteiger partial charge in [0.1, 0.15) is 0 Å². The lowest BCUT2D eigenvalue weighted by molar-refractivity contribution is -0.131. The molecule has 0 aromatic rings. The van der Waals surface area contributed by atoms with Crippen molar-refractivity contribution in [2.75, 3.05) is 32.6 Å². The highest BCUT2D eigenvalue weighted by atomic mass is 32.2. The van der Waals surface area contributed by atoms with Crippen LogP contribution in [0.1, 0.15) is 6.42 Å². The molecular formula is C9H19N3O2S. The Balaban J connectivity index is 3.78. The zero-order chi connectivity index (χ0) is 11.8. The van der Waals surface area contributed by atoms with E-state index in [1.807, 2.05) is 6.26 Å². The van der Waals surface area contributed by atoms with E-state index in [4.69, 9.17) is 5.73 Å². The third-order valence-corrected chi connectivity index (χ3v) is 2.53. The minimum absolute atomic E-state index is 0.0127. The number of amides is 2. The second-order valence-corrected chi connectivity index (χ2v) is 4.38. The summed E-state index contributed by atoms with van der Waals surface area (Å²) < 4.78 is 0. The molecule has 5 nitrogen and oxygen atoms in total. The Kier molecular flexibility index (Phi) is 7.15. The quantitative estimate of drug-likeness (QED) is 0.634. The van der Waals surface area contributed by atoms with Gasteiger partial charge in [0.05, 0.1) is 12.6 Å². The van der Waals surface area contributed by atoms with E-state index < -0.39 is 6.04 Å². The molecule has 0 radical (unpaired) electrons. The van der Waals surface area contributed by atoms with Gasteiger partial charge in [0.25, 0.3) is 0 Å². The smallest absolute Gasteiger partial charge is 0.241 e. The molecule has 0 aliphatic heterocycles. The summed E-state index contributed by atoms with van der Waals surface area (Å²) in [4.78, 5) is 23.9. The lowest BCUT2D eigenvalue weighted by Gasteiger charge is -2.13. The second-order valence-electron chi connectivity index (χ2n) is 3.39. The molecule has 0 spiro atoms. The zero-order valence-corrected chi connectivity index (χ0v) is 10.3. The number of likely N-dealkylation sites (N-methyl/N-ethyl adjacent to an activating group) is 1. The van der Waals surface area contributed by atoms with Gasteiger partial charge in [0.2, 0.25) is 11.8 Å². The molecule has 0 saturated heterocycles. The molecule has 15 heavy (non-hydrogen) atoms. The van der Waals surface area contributed by atoms with Crippen LogP contribution in [-0.2, 0) is 9.59 Å². The number of hydrogen-bond acceptors (Lipinski definition) is 4. The topological polar surface area (TPSA) is 75.4 Å². The van der Waals surface area contributed by atoms with Crippen molar-refractivity contribution in [1.29, 1.82) is 0 Å². The Morgan fingerprint density at radius 3 is 2.53 bits per heavy atom. The molecule has 6 heteroatoms. The number of carbonyl (C=O) groups is 2. The van der Waals surface area contributed by atoms with Crippen LogP contribution in [0.4, 0.5) is 0 Å². The molecule has 0 heterocycles. The van der Waals surface area contributed by atoms with E-state index >= 15 is 0 Å². The van der Waals surface area contributed by atoms with Crippen LogP contribution in [-0.4, -0.2) is 55.4 Å². The largest absolute Gasteiger partial charge is 0.347 e. The molecule has 0 fully saturated rings.